The highest BCUT2D eigenvalue weighted by molar-refractivity contribution is 4.87. The fourth-order valence-corrected chi connectivity index (χ4v) is 2.25. The molecule has 0 aromatic rings. The number of hydrogen-bond donors (Lipinski definition) is 0. The fourth-order valence-electron chi connectivity index (χ4n) is 2.25. The molecule has 0 bridgehead atoms. The van der Waals surface area contributed by atoms with Gasteiger partial charge in [0.1, 0.15) is 0 Å². The Hall–Kier alpha value is -0.0400. The van der Waals surface area contributed by atoms with Crippen molar-refractivity contribution in [2.45, 2.75) is 73.5 Å². The van der Waals surface area contributed by atoms with Crippen molar-refractivity contribution < 1.29 is 4.74 Å². The van der Waals surface area contributed by atoms with Crippen molar-refractivity contribution in [3.63, 3.8) is 0 Å². The lowest BCUT2D eigenvalue weighted by atomic mass is 9.75. The zero-order chi connectivity index (χ0) is 11.9. The maximum absolute atomic E-state index is 6.29. The first-order valence-electron chi connectivity index (χ1n) is 6.26. The van der Waals surface area contributed by atoms with E-state index in [2.05, 4.69) is 48.5 Å². The summed E-state index contributed by atoms with van der Waals surface area (Å²) in [7, 11) is 0. The highest BCUT2D eigenvalue weighted by atomic mass is 16.5. The van der Waals surface area contributed by atoms with E-state index in [1.165, 1.54) is 12.8 Å². The molecule has 1 nitrogen and oxygen atoms in total. The van der Waals surface area contributed by atoms with Gasteiger partial charge in [0.15, 0.2) is 0 Å². The minimum Gasteiger partial charge on any atom is -0.374 e. The van der Waals surface area contributed by atoms with Crippen molar-refractivity contribution >= 4 is 0 Å². The molecule has 1 aliphatic rings. The molecule has 0 amide bonds. The van der Waals surface area contributed by atoms with Gasteiger partial charge in [-0.25, -0.2) is 0 Å². The van der Waals surface area contributed by atoms with Crippen LogP contribution in [0.5, 0.6) is 0 Å². The topological polar surface area (TPSA) is 9.23 Å². The second-order valence-corrected chi connectivity index (χ2v) is 7.42. The smallest absolute Gasteiger partial charge is 0.0630 e. The summed E-state index contributed by atoms with van der Waals surface area (Å²) >= 11 is 0. The Balaban J connectivity index is 2.73. The molecule has 2 unspecified atom stereocenters. The summed E-state index contributed by atoms with van der Waals surface area (Å²) in [6, 6.07) is 0. The lowest BCUT2D eigenvalue weighted by Crippen LogP contribution is -2.44. The second kappa shape index (κ2) is 4.08. The molecule has 1 aliphatic heterocycles. The maximum atomic E-state index is 6.29. The summed E-state index contributed by atoms with van der Waals surface area (Å²) in [4.78, 5) is 0. The predicted molar refractivity (Wildman–Crippen MR) is 66.0 cm³/mol. The van der Waals surface area contributed by atoms with Gasteiger partial charge in [-0.15, -0.1) is 0 Å². The molecule has 15 heavy (non-hydrogen) atoms. The average molecular weight is 212 g/mol. The zero-order valence-electron chi connectivity index (χ0n) is 11.6. The number of ether oxygens (including phenoxy) is 1. The summed E-state index contributed by atoms with van der Waals surface area (Å²) < 4.78 is 6.29. The van der Waals surface area contributed by atoms with Gasteiger partial charge in [0.25, 0.3) is 0 Å². The molecule has 0 aromatic carbocycles. The van der Waals surface area contributed by atoms with Gasteiger partial charge in [0.2, 0.25) is 0 Å². The Morgan fingerprint density at radius 3 is 1.40 bits per heavy atom. The molecule has 1 saturated heterocycles. The molecule has 0 aliphatic carbocycles. The first-order chi connectivity index (χ1) is 6.60. The van der Waals surface area contributed by atoms with Gasteiger partial charge in [0, 0.05) is 0 Å². The van der Waals surface area contributed by atoms with Crippen LogP contribution in [-0.2, 0) is 4.74 Å². The van der Waals surface area contributed by atoms with E-state index in [1.807, 2.05) is 0 Å². The zero-order valence-corrected chi connectivity index (χ0v) is 11.6. The maximum Gasteiger partial charge on any atom is 0.0630 e. The van der Waals surface area contributed by atoms with Gasteiger partial charge in [-0.2, -0.15) is 0 Å². The first kappa shape index (κ1) is 13.0. The predicted octanol–water partition coefficient (Wildman–Crippen LogP) is 4.26. The molecule has 1 rings (SSSR count). The van der Waals surface area contributed by atoms with Crippen LogP contribution in [0.2, 0.25) is 0 Å². The Morgan fingerprint density at radius 2 is 1.13 bits per heavy atom. The molecule has 0 N–H and O–H groups in total. The minimum atomic E-state index is 0.276. The van der Waals surface area contributed by atoms with E-state index >= 15 is 0 Å². The highest BCUT2D eigenvalue weighted by Gasteiger charge is 2.38. The number of rotatable bonds is 0. The van der Waals surface area contributed by atoms with Crippen molar-refractivity contribution in [1.29, 1.82) is 0 Å². The van der Waals surface area contributed by atoms with Crippen LogP contribution in [0, 0.1) is 16.7 Å². The van der Waals surface area contributed by atoms with E-state index in [1.54, 1.807) is 0 Å². The van der Waals surface area contributed by atoms with Crippen molar-refractivity contribution in [2.75, 3.05) is 0 Å². The quantitative estimate of drug-likeness (QED) is 0.583. The van der Waals surface area contributed by atoms with Crippen LogP contribution >= 0.6 is 0 Å². The summed E-state index contributed by atoms with van der Waals surface area (Å²) in [6.07, 6.45) is 3.28. The van der Waals surface area contributed by atoms with Gasteiger partial charge >= 0.3 is 0 Å². The molecule has 0 spiro atoms. The van der Waals surface area contributed by atoms with Crippen LogP contribution < -0.4 is 0 Å². The molecule has 1 heteroatoms. The Bertz CT molecular complexity index is 184. The third-order valence-corrected chi connectivity index (χ3v) is 3.49. The molecule has 1 heterocycles. The van der Waals surface area contributed by atoms with Crippen LogP contribution in [0.4, 0.5) is 0 Å². The first-order valence-corrected chi connectivity index (χ1v) is 6.26. The summed E-state index contributed by atoms with van der Waals surface area (Å²) in [6.45, 7) is 16.1. The Morgan fingerprint density at radius 1 is 0.800 bits per heavy atom. The van der Waals surface area contributed by atoms with Gasteiger partial charge < -0.3 is 4.74 Å². The Kier molecular flexibility index (Phi) is 3.55. The third-order valence-electron chi connectivity index (χ3n) is 3.49. The van der Waals surface area contributed by atoms with Crippen LogP contribution in [0.25, 0.3) is 0 Å². The molecule has 0 radical (unpaired) electrons. The van der Waals surface area contributed by atoms with Crippen LogP contribution in [0.1, 0.15) is 61.3 Å². The molecule has 1 fully saturated rings. The van der Waals surface area contributed by atoms with Crippen LogP contribution in [0.3, 0.4) is 0 Å². The fraction of sp³-hybridized carbons (Fsp3) is 1.00. The van der Waals surface area contributed by atoms with Crippen molar-refractivity contribution in [3.05, 3.63) is 0 Å². The molecular weight excluding hydrogens is 184 g/mol. The second-order valence-electron chi connectivity index (χ2n) is 7.42. The average Bonchev–Trinajstić information content (AvgIpc) is 1.99. The lowest BCUT2D eigenvalue weighted by molar-refractivity contribution is -0.149. The van der Waals surface area contributed by atoms with E-state index in [0.717, 1.165) is 5.92 Å². The van der Waals surface area contributed by atoms with Crippen molar-refractivity contribution in [1.82, 2.24) is 0 Å². The van der Waals surface area contributed by atoms with Crippen molar-refractivity contribution in [2.24, 2.45) is 16.7 Å². The minimum absolute atomic E-state index is 0.276. The highest BCUT2D eigenvalue weighted by Crippen LogP contribution is 2.40. The van der Waals surface area contributed by atoms with E-state index in [0.29, 0.717) is 12.2 Å². The van der Waals surface area contributed by atoms with Gasteiger partial charge in [-0.1, -0.05) is 48.5 Å². The number of hydrogen-bond acceptors (Lipinski definition) is 1. The third kappa shape index (κ3) is 3.48. The normalized spacial score (nSPS) is 34.2. The van der Waals surface area contributed by atoms with Crippen LogP contribution in [-0.4, -0.2) is 12.2 Å². The van der Waals surface area contributed by atoms with Gasteiger partial charge in [0.05, 0.1) is 12.2 Å². The van der Waals surface area contributed by atoms with Gasteiger partial charge in [-0.05, 0) is 29.6 Å². The van der Waals surface area contributed by atoms with Crippen molar-refractivity contribution in [3.8, 4) is 0 Å². The largest absolute Gasteiger partial charge is 0.374 e. The van der Waals surface area contributed by atoms with E-state index in [9.17, 15) is 0 Å². The summed E-state index contributed by atoms with van der Waals surface area (Å²) in [5.74, 6) is 0.798. The molecule has 90 valence electrons. The summed E-state index contributed by atoms with van der Waals surface area (Å²) in [5.41, 5.74) is 0.552. The standard InChI is InChI=1S/C14H28O/c1-10-8-11(13(2,3)4)15-12(9-10)14(5,6)7/h10-12H,8-9H2,1-7H3. The molecule has 2 atom stereocenters. The van der Waals surface area contributed by atoms with Crippen LogP contribution in [0.15, 0.2) is 0 Å². The van der Waals surface area contributed by atoms with E-state index in [-0.39, 0.29) is 10.8 Å². The molecule has 0 aromatic heterocycles. The van der Waals surface area contributed by atoms with E-state index in [4.69, 9.17) is 4.74 Å². The SMILES string of the molecule is CC1CC(C(C)(C)C)OC(C(C)(C)C)C1. The summed E-state index contributed by atoms with van der Waals surface area (Å²) in [5, 5.41) is 0. The van der Waals surface area contributed by atoms with Gasteiger partial charge in [-0.3, -0.25) is 0 Å². The monoisotopic (exact) mass is 212 g/mol. The lowest BCUT2D eigenvalue weighted by Gasteiger charge is -2.45. The molecular formula is C14H28O. The molecule has 0 saturated carbocycles. The Labute approximate surface area is 95.6 Å². The van der Waals surface area contributed by atoms with E-state index < -0.39 is 0 Å².